The van der Waals surface area contributed by atoms with Crippen molar-refractivity contribution in [3.8, 4) is 16.3 Å². The van der Waals surface area contributed by atoms with Crippen LogP contribution in [0, 0.1) is 0 Å². The molecule has 0 saturated carbocycles. The molecule has 3 aromatic rings. The molecule has 1 aromatic heterocycles. The highest BCUT2D eigenvalue weighted by atomic mass is 32.1. The van der Waals surface area contributed by atoms with Crippen molar-refractivity contribution in [1.82, 2.24) is 4.98 Å². The van der Waals surface area contributed by atoms with Gasteiger partial charge in [-0.05, 0) is 30.5 Å². The van der Waals surface area contributed by atoms with Crippen LogP contribution in [0.4, 0.5) is 11.4 Å². The van der Waals surface area contributed by atoms with E-state index in [0.29, 0.717) is 24.4 Å². The average Bonchev–Trinajstić information content (AvgIpc) is 3.42. The number of hydrogen-bond donors (Lipinski definition) is 1. The van der Waals surface area contributed by atoms with Gasteiger partial charge in [-0.1, -0.05) is 31.2 Å². The molecule has 31 heavy (non-hydrogen) atoms. The Kier molecular flexibility index (Phi) is 6.32. The molecule has 160 valence electrons. The summed E-state index contributed by atoms with van der Waals surface area (Å²) in [5, 5.41) is 5.73. The highest BCUT2D eigenvalue weighted by Crippen LogP contribution is 2.34. The molecule has 4 rings (SSSR count). The zero-order chi connectivity index (χ0) is 21.8. The molecule has 6 nitrogen and oxygen atoms in total. The van der Waals surface area contributed by atoms with Gasteiger partial charge in [-0.3, -0.25) is 9.59 Å². The minimum Gasteiger partial charge on any atom is -0.494 e. The third-order valence-electron chi connectivity index (χ3n) is 5.33. The minimum atomic E-state index is -0.148. The smallest absolute Gasteiger partial charge is 0.230 e. The zero-order valence-corrected chi connectivity index (χ0v) is 18.5. The molecule has 7 heteroatoms. The van der Waals surface area contributed by atoms with E-state index in [4.69, 9.17) is 4.74 Å². The van der Waals surface area contributed by atoms with Crippen LogP contribution in [0.1, 0.15) is 31.0 Å². The van der Waals surface area contributed by atoms with Crippen molar-refractivity contribution in [3.05, 3.63) is 59.1 Å². The first-order valence-corrected chi connectivity index (χ1v) is 11.3. The molecule has 1 saturated heterocycles. The van der Waals surface area contributed by atoms with Crippen LogP contribution in [0.3, 0.4) is 0 Å². The van der Waals surface area contributed by atoms with Crippen molar-refractivity contribution < 1.29 is 14.3 Å². The van der Waals surface area contributed by atoms with Gasteiger partial charge in [-0.25, -0.2) is 4.98 Å². The molecule has 0 spiro atoms. The Morgan fingerprint density at radius 1 is 1.23 bits per heavy atom. The lowest BCUT2D eigenvalue weighted by Crippen LogP contribution is -2.24. The van der Waals surface area contributed by atoms with E-state index < -0.39 is 0 Å². The number of nitrogens with zero attached hydrogens (tertiary/aromatic N) is 2. The lowest BCUT2D eigenvalue weighted by molar-refractivity contribution is -0.117. The van der Waals surface area contributed by atoms with E-state index in [0.717, 1.165) is 34.8 Å². The maximum absolute atomic E-state index is 12.6. The summed E-state index contributed by atoms with van der Waals surface area (Å²) >= 11 is 1.54. The fourth-order valence-electron chi connectivity index (χ4n) is 3.65. The van der Waals surface area contributed by atoms with E-state index in [2.05, 4.69) is 41.5 Å². The zero-order valence-electron chi connectivity index (χ0n) is 17.7. The summed E-state index contributed by atoms with van der Waals surface area (Å²) in [7, 11) is 1.56. The maximum Gasteiger partial charge on any atom is 0.230 e. The number of anilines is 2. The number of benzene rings is 2. The molecule has 1 fully saturated rings. The Bertz CT molecular complexity index is 1090. The van der Waals surface area contributed by atoms with Crippen molar-refractivity contribution in [2.45, 2.75) is 32.6 Å². The molecule has 0 unspecified atom stereocenters. The number of aryl methyl sites for hydroxylation is 1. The Morgan fingerprint density at radius 3 is 2.71 bits per heavy atom. The second kappa shape index (κ2) is 9.31. The van der Waals surface area contributed by atoms with Crippen LogP contribution in [0.25, 0.3) is 10.6 Å². The van der Waals surface area contributed by atoms with Gasteiger partial charge in [0.2, 0.25) is 11.8 Å². The summed E-state index contributed by atoms with van der Waals surface area (Å²) in [6.45, 7) is 2.82. The number of thiazole rings is 1. The van der Waals surface area contributed by atoms with Crippen LogP contribution < -0.4 is 15.0 Å². The topological polar surface area (TPSA) is 71.5 Å². The molecule has 1 aliphatic rings. The van der Waals surface area contributed by atoms with Gasteiger partial charge in [0.25, 0.3) is 0 Å². The van der Waals surface area contributed by atoms with E-state index in [9.17, 15) is 9.59 Å². The van der Waals surface area contributed by atoms with Crippen molar-refractivity contribution in [2.24, 2.45) is 0 Å². The molecule has 1 aliphatic heterocycles. The number of hydrogen-bond acceptors (Lipinski definition) is 5. The molecule has 2 amide bonds. The molecule has 0 atom stereocenters. The number of ether oxygens (including phenoxy) is 1. The Balaban J connectivity index is 1.42. The normalized spacial score (nSPS) is 13.5. The average molecular weight is 436 g/mol. The number of amides is 2. The quantitative estimate of drug-likeness (QED) is 0.584. The molecule has 2 heterocycles. The fourth-order valence-corrected chi connectivity index (χ4v) is 4.48. The van der Waals surface area contributed by atoms with Gasteiger partial charge in [0.05, 0.1) is 24.9 Å². The van der Waals surface area contributed by atoms with Gasteiger partial charge in [-0.2, -0.15) is 0 Å². The van der Waals surface area contributed by atoms with Gasteiger partial charge in [-0.15, -0.1) is 11.3 Å². The first-order chi connectivity index (χ1) is 15.1. The second-order valence-corrected chi connectivity index (χ2v) is 8.31. The van der Waals surface area contributed by atoms with Crippen molar-refractivity contribution in [2.75, 3.05) is 23.9 Å². The summed E-state index contributed by atoms with van der Waals surface area (Å²) in [5.41, 5.74) is 4.45. The van der Waals surface area contributed by atoms with Gasteiger partial charge >= 0.3 is 0 Å². The fraction of sp³-hybridized carbons (Fsp3) is 0.292. The van der Waals surface area contributed by atoms with E-state index in [1.54, 1.807) is 24.1 Å². The van der Waals surface area contributed by atoms with Crippen molar-refractivity contribution >= 4 is 34.5 Å². The third-order valence-corrected chi connectivity index (χ3v) is 6.27. The molecular weight excluding hydrogens is 410 g/mol. The van der Waals surface area contributed by atoms with E-state index in [1.165, 1.54) is 16.9 Å². The molecule has 0 bridgehead atoms. The molecule has 1 N–H and O–H groups in total. The van der Waals surface area contributed by atoms with Crippen LogP contribution in [0.5, 0.6) is 5.75 Å². The van der Waals surface area contributed by atoms with Crippen molar-refractivity contribution in [1.29, 1.82) is 0 Å². The van der Waals surface area contributed by atoms with Crippen LogP contribution in [0.2, 0.25) is 0 Å². The van der Waals surface area contributed by atoms with Gasteiger partial charge in [0.15, 0.2) is 0 Å². The number of methoxy groups -OCH3 is 1. The largest absolute Gasteiger partial charge is 0.494 e. The van der Waals surface area contributed by atoms with Gasteiger partial charge in [0, 0.05) is 35.7 Å². The molecular formula is C24H25N3O3S. The highest BCUT2D eigenvalue weighted by molar-refractivity contribution is 7.13. The summed E-state index contributed by atoms with van der Waals surface area (Å²) in [5.74, 6) is 0.517. The SMILES string of the molecule is CCc1ccc(-c2nc(CC(=O)Nc3ccc(N4CCCC4=O)c(OC)c3)cs2)cc1. The minimum absolute atomic E-state index is 0.0961. The molecule has 0 radical (unpaired) electrons. The Hall–Kier alpha value is -3.19. The van der Waals surface area contributed by atoms with Crippen LogP contribution in [0.15, 0.2) is 47.8 Å². The maximum atomic E-state index is 12.6. The van der Waals surface area contributed by atoms with Crippen LogP contribution in [-0.4, -0.2) is 30.5 Å². The summed E-state index contributed by atoms with van der Waals surface area (Å²) in [6, 6.07) is 13.7. The monoisotopic (exact) mass is 435 g/mol. The van der Waals surface area contributed by atoms with E-state index >= 15 is 0 Å². The number of aromatic nitrogens is 1. The Morgan fingerprint density at radius 2 is 2.03 bits per heavy atom. The number of nitrogens with one attached hydrogen (secondary N) is 1. The van der Waals surface area contributed by atoms with E-state index in [-0.39, 0.29) is 18.2 Å². The lowest BCUT2D eigenvalue weighted by atomic mass is 10.1. The van der Waals surface area contributed by atoms with Gasteiger partial charge in [0.1, 0.15) is 10.8 Å². The standard InChI is InChI=1S/C24H25N3O3S/c1-3-16-6-8-17(9-7-16)24-26-19(15-31-24)14-22(28)25-18-10-11-20(21(13-18)30-2)27-12-4-5-23(27)29/h6-11,13,15H,3-5,12,14H2,1-2H3,(H,25,28). The summed E-state index contributed by atoms with van der Waals surface area (Å²) in [6.07, 6.45) is 2.60. The second-order valence-electron chi connectivity index (χ2n) is 7.45. The van der Waals surface area contributed by atoms with Gasteiger partial charge < -0.3 is 15.0 Å². The van der Waals surface area contributed by atoms with E-state index in [1.807, 2.05) is 11.4 Å². The number of carbonyl (C=O) groups is 2. The number of rotatable bonds is 7. The summed E-state index contributed by atoms with van der Waals surface area (Å²) < 4.78 is 5.46. The predicted octanol–water partition coefficient (Wildman–Crippen LogP) is 4.69. The first-order valence-electron chi connectivity index (χ1n) is 10.4. The predicted molar refractivity (Wildman–Crippen MR) is 124 cm³/mol. The highest BCUT2D eigenvalue weighted by Gasteiger charge is 2.24. The number of carbonyl (C=O) groups excluding carboxylic acids is 2. The lowest BCUT2D eigenvalue weighted by Gasteiger charge is -2.19. The Labute approximate surface area is 185 Å². The molecule has 0 aliphatic carbocycles. The first kappa shape index (κ1) is 21.1. The third kappa shape index (κ3) is 4.77. The summed E-state index contributed by atoms with van der Waals surface area (Å²) in [4.78, 5) is 30.9. The van der Waals surface area contributed by atoms with Crippen molar-refractivity contribution in [3.63, 3.8) is 0 Å². The van der Waals surface area contributed by atoms with Crippen LogP contribution >= 0.6 is 11.3 Å². The molecule has 2 aromatic carbocycles. The van der Waals surface area contributed by atoms with Crippen LogP contribution in [-0.2, 0) is 22.4 Å².